The lowest BCUT2D eigenvalue weighted by Gasteiger charge is -2.17. The van der Waals surface area contributed by atoms with Crippen LogP contribution in [-0.4, -0.2) is 52.4 Å². The third-order valence-electron chi connectivity index (χ3n) is 4.19. The van der Waals surface area contributed by atoms with Crippen LogP contribution in [0.5, 0.6) is 0 Å². The summed E-state index contributed by atoms with van der Waals surface area (Å²) in [6.07, 6.45) is 0.589. The fourth-order valence-electron chi connectivity index (χ4n) is 2.40. The van der Waals surface area contributed by atoms with E-state index in [1.54, 1.807) is 4.57 Å². The molecule has 0 bridgehead atoms. The summed E-state index contributed by atoms with van der Waals surface area (Å²) in [4.78, 5) is 11.9. The number of carbonyl (C=O) groups is 1. The maximum absolute atomic E-state index is 11.9. The molecule has 0 saturated carbocycles. The van der Waals surface area contributed by atoms with Crippen molar-refractivity contribution >= 4 is 27.5 Å². The zero-order valence-corrected chi connectivity index (χ0v) is 15.6. The second-order valence-electron chi connectivity index (χ2n) is 6.39. The molecule has 1 saturated heterocycles. The third-order valence-corrected chi connectivity index (χ3v) is 6.98. The van der Waals surface area contributed by atoms with Gasteiger partial charge in [-0.05, 0) is 19.3 Å². The van der Waals surface area contributed by atoms with E-state index >= 15 is 0 Å². The van der Waals surface area contributed by atoms with Crippen molar-refractivity contribution in [2.45, 2.75) is 44.3 Å². The van der Waals surface area contributed by atoms with Gasteiger partial charge in [-0.15, -0.1) is 10.2 Å². The summed E-state index contributed by atoms with van der Waals surface area (Å²) in [7, 11) is -1.13. The predicted octanol–water partition coefficient (Wildman–Crippen LogP) is 0.970. The average molecular weight is 361 g/mol. The lowest BCUT2D eigenvalue weighted by atomic mass is 10.1. The van der Waals surface area contributed by atoms with Crippen LogP contribution in [0.25, 0.3) is 0 Å². The van der Waals surface area contributed by atoms with Crippen LogP contribution < -0.4 is 5.32 Å². The molecule has 9 heteroatoms. The molecular weight excluding hydrogens is 336 g/mol. The van der Waals surface area contributed by atoms with Gasteiger partial charge in [-0.2, -0.15) is 0 Å². The second kappa shape index (κ2) is 7.21. The summed E-state index contributed by atoms with van der Waals surface area (Å²) < 4.78 is 25.0. The first-order chi connectivity index (χ1) is 10.7. The van der Waals surface area contributed by atoms with Gasteiger partial charge < -0.3 is 9.88 Å². The maximum atomic E-state index is 11.9. The van der Waals surface area contributed by atoms with E-state index in [1.165, 1.54) is 11.8 Å². The molecule has 1 aliphatic rings. The van der Waals surface area contributed by atoms with Crippen LogP contribution in [0.15, 0.2) is 5.16 Å². The number of sulfone groups is 1. The van der Waals surface area contributed by atoms with Gasteiger partial charge >= 0.3 is 0 Å². The van der Waals surface area contributed by atoms with E-state index in [2.05, 4.69) is 29.4 Å². The van der Waals surface area contributed by atoms with Crippen LogP contribution in [0.2, 0.25) is 0 Å². The van der Waals surface area contributed by atoms with Gasteiger partial charge in [0.2, 0.25) is 5.91 Å². The van der Waals surface area contributed by atoms with Crippen molar-refractivity contribution in [3.8, 4) is 0 Å². The first-order valence-corrected chi connectivity index (χ1v) is 10.5. The molecule has 1 aromatic rings. The van der Waals surface area contributed by atoms with Gasteiger partial charge in [0.1, 0.15) is 5.82 Å². The van der Waals surface area contributed by atoms with E-state index in [9.17, 15) is 13.2 Å². The van der Waals surface area contributed by atoms with Gasteiger partial charge in [0.05, 0.1) is 17.3 Å². The first-order valence-electron chi connectivity index (χ1n) is 7.71. The van der Waals surface area contributed by atoms with Gasteiger partial charge in [-0.1, -0.05) is 25.6 Å². The molecule has 1 fully saturated rings. The quantitative estimate of drug-likeness (QED) is 0.760. The van der Waals surface area contributed by atoms with Crippen LogP contribution in [-0.2, 0) is 21.7 Å². The number of rotatable bonds is 6. The van der Waals surface area contributed by atoms with Gasteiger partial charge in [0, 0.05) is 19.0 Å². The molecule has 0 unspecified atom stereocenters. The van der Waals surface area contributed by atoms with Gasteiger partial charge in [-0.3, -0.25) is 4.79 Å². The fraction of sp³-hybridized carbons (Fsp3) is 0.786. The molecular formula is C14H24N4O3S2. The van der Waals surface area contributed by atoms with E-state index < -0.39 is 9.84 Å². The molecule has 2 atom stereocenters. The second-order valence-corrected chi connectivity index (χ2v) is 9.56. The summed E-state index contributed by atoms with van der Waals surface area (Å²) in [5, 5.41) is 11.8. The van der Waals surface area contributed by atoms with Crippen LogP contribution >= 0.6 is 11.8 Å². The van der Waals surface area contributed by atoms with E-state index in [0.29, 0.717) is 23.3 Å². The highest BCUT2D eigenvalue weighted by Crippen LogP contribution is 2.29. The lowest BCUT2D eigenvalue weighted by molar-refractivity contribution is -0.119. The van der Waals surface area contributed by atoms with E-state index in [4.69, 9.17) is 0 Å². The van der Waals surface area contributed by atoms with Crippen molar-refractivity contribution in [2.75, 3.05) is 17.3 Å². The standard InChI is InChI=1S/C14H24N4O3S2/c1-9(2)10(3)15-12(19)7-22-14-17-16-13(18(14)4)11-5-6-23(20,21)8-11/h9-11H,5-8H2,1-4H3,(H,15,19)/t10-,11-/m1/s1. The molecule has 0 aliphatic carbocycles. The van der Waals surface area contributed by atoms with Crippen molar-refractivity contribution in [3.05, 3.63) is 5.82 Å². The molecule has 7 nitrogen and oxygen atoms in total. The number of carbonyl (C=O) groups excluding carboxylic acids is 1. The Morgan fingerprint density at radius 3 is 2.65 bits per heavy atom. The molecule has 0 radical (unpaired) electrons. The smallest absolute Gasteiger partial charge is 0.230 e. The van der Waals surface area contributed by atoms with Crippen molar-refractivity contribution in [3.63, 3.8) is 0 Å². The Balaban J connectivity index is 1.94. The predicted molar refractivity (Wildman–Crippen MR) is 90.2 cm³/mol. The van der Waals surface area contributed by atoms with Crippen molar-refractivity contribution in [2.24, 2.45) is 13.0 Å². The van der Waals surface area contributed by atoms with Crippen molar-refractivity contribution in [1.82, 2.24) is 20.1 Å². The Labute approximate surface area is 141 Å². The number of aromatic nitrogens is 3. The maximum Gasteiger partial charge on any atom is 0.230 e. The van der Waals surface area contributed by atoms with Gasteiger partial charge in [-0.25, -0.2) is 8.42 Å². The van der Waals surface area contributed by atoms with Crippen molar-refractivity contribution in [1.29, 1.82) is 0 Å². The minimum Gasteiger partial charge on any atom is -0.353 e. The molecule has 1 aliphatic heterocycles. The molecule has 1 aromatic heterocycles. The Morgan fingerprint density at radius 2 is 2.09 bits per heavy atom. The van der Waals surface area contributed by atoms with E-state index in [1.807, 2.05) is 14.0 Å². The Bertz CT molecular complexity index is 670. The van der Waals surface area contributed by atoms with E-state index in [0.717, 1.165) is 0 Å². The topological polar surface area (TPSA) is 94.0 Å². The van der Waals surface area contributed by atoms with Crippen molar-refractivity contribution < 1.29 is 13.2 Å². The van der Waals surface area contributed by atoms with Gasteiger partial charge in [0.25, 0.3) is 0 Å². The number of nitrogens with one attached hydrogen (secondary N) is 1. The zero-order valence-electron chi connectivity index (χ0n) is 13.9. The largest absolute Gasteiger partial charge is 0.353 e. The number of amides is 1. The highest BCUT2D eigenvalue weighted by molar-refractivity contribution is 7.99. The molecule has 0 aromatic carbocycles. The lowest BCUT2D eigenvalue weighted by Crippen LogP contribution is -2.37. The highest BCUT2D eigenvalue weighted by Gasteiger charge is 2.32. The molecule has 0 spiro atoms. The molecule has 2 rings (SSSR count). The molecule has 1 amide bonds. The summed E-state index contributed by atoms with van der Waals surface area (Å²) in [6, 6.07) is 0.127. The SMILES string of the molecule is CC(C)[C@@H](C)NC(=O)CSc1nnc([C@@H]2CCS(=O)(=O)C2)n1C. The number of thioether (sulfide) groups is 1. The summed E-state index contributed by atoms with van der Waals surface area (Å²) in [5.41, 5.74) is 0. The van der Waals surface area contributed by atoms with Crippen LogP contribution in [0.1, 0.15) is 38.9 Å². The first kappa shape index (κ1) is 18.3. The minimum absolute atomic E-state index is 0.0378. The molecule has 23 heavy (non-hydrogen) atoms. The normalized spacial score (nSPS) is 21.5. The number of hydrogen-bond acceptors (Lipinski definition) is 6. The van der Waals surface area contributed by atoms with Gasteiger partial charge in [0.15, 0.2) is 15.0 Å². The summed E-state index contributed by atoms with van der Waals surface area (Å²) >= 11 is 1.32. The summed E-state index contributed by atoms with van der Waals surface area (Å²) in [5.74, 6) is 1.55. The van der Waals surface area contributed by atoms with Crippen LogP contribution in [0, 0.1) is 5.92 Å². The minimum atomic E-state index is -2.95. The molecule has 1 N–H and O–H groups in total. The number of hydrogen-bond donors (Lipinski definition) is 1. The third kappa shape index (κ3) is 4.69. The van der Waals surface area contributed by atoms with Crippen LogP contribution in [0.3, 0.4) is 0 Å². The highest BCUT2D eigenvalue weighted by atomic mass is 32.2. The summed E-state index contributed by atoms with van der Waals surface area (Å²) in [6.45, 7) is 6.10. The Kier molecular flexibility index (Phi) is 5.72. The Morgan fingerprint density at radius 1 is 1.39 bits per heavy atom. The number of nitrogens with zero attached hydrogens (tertiary/aromatic N) is 3. The monoisotopic (exact) mass is 360 g/mol. The van der Waals surface area contributed by atoms with E-state index in [-0.39, 0.29) is 35.1 Å². The van der Waals surface area contributed by atoms with Crippen LogP contribution in [0.4, 0.5) is 0 Å². The fourth-order valence-corrected chi connectivity index (χ4v) is 4.87. The average Bonchev–Trinajstić information content (AvgIpc) is 2.99. The molecule has 2 heterocycles. The Hall–Kier alpha value is -1.09. The zero-order chi connectivity index (χ0) is 17.2. The molecule has 130 valence electrons.